The fourth-order valence-electron chi connectivity index (χ4n) is 1.90. The highest BCUT2D eigenvalue weighted by Gasteiger charge is 2.19. The fraction of sp³-hybridized carbons (Fsp3) is 0.364. The van der Waals surface area contributed by atoms with Crippen molar-refractivity contribution in [3.63, 3.8) is 0 Å². The van der Waals surface area contributed by atoms with E-state index in [1.165, 1.54) is 18.8 Å². The molecule has 0 aliphatic carbocycles. The lowest BCUT2D eigenvalue weighted by molar-refractivity contribution is 0.414. The van der Waals surface area contributed by atoms with Crippen LogP contribution in [-0.4, -0.2) is 24.0 Å². The number of hydrogen-bond donors (Lipinski definition) is 1. The van der Waals surface area contributed by atoms with E-state index in [2.05, 4.69) is 5.10 Å². The van der Waals surface area contributed by atoms with Crippen LogP contribution in [0.4, 0.5) is 0 Å². The van der Waals surface area contributed by atoms with E-state index in [1.54, 1.807) is 20.0 Å². The Kier molecular flexibility index (Phi) is 2.61. The molecule has 0 radical (unpaired) electrons. The van der Waals surface area contributed by atoms with E-state index in [0.29, 0.717) is 5.69 Å². The van der Waals surface area contributed by atoms with E-state index in [0.717, 1.165) is 14.8 Å². The molecule has 0 aliphatic rings. The summed E-state index contributed by atoms with van der Waals surface area (Å²) in [6.45, 7) is 1.78. The predicted octanol–water partition coefficient (Wildman–Crippen LogP) is -0.501. The normalized spacial score (nSPS) is 10.9. The van der Waals surface area contributed by atoms with Gasteiger partial charge >= 0.3 is 5.69 Å². The van der Waals surface area contributed by atoms with Gasteiger partial charge in [-0.05, 0) is 13.0 Å². The van der Waals surface area contributed by atoms with E-state index in [1.807, 2.05) is 0 Å². The first-order chi connectivity index (χ1) is 8.34. The second-order valence-corrected chi connectivity index (χ2v) is 4.20. The van der Waals surface area contributed by atoms with Gasteiger partial charge in [-0.15, -0.1) is 0 Å². The minimum Gasteiger partial charge on any atom is -0.494 e. The molecular weight excluding hydrogens is 236 g/mol. The molecule has 1 N–H and O–H groups in total. The number of aromatic hydroxyl groups is 1. The van der Waals surface area contributed by atoms with Crippen LogP contribution in [0.5, 0.6) is 5.88 Å². The maximum Gasteiger partial charge on any atom is 0.333 e. The van der Waals surface area contributed by atoms with Gasteiger partial charge < -0.3 is 5.11 Å². The predicted molar refractivity (Wildman–Crippen MR) is 65.5 cm³/mol. The minimum atomic E-state index is -0.569. The van der Waals surface area contributed by atoms with Gasteiger partial charge in [-0.2, -0.15) is 5.10 Å². The van der Waals surface area contributed by atoms with Crippen LogP contribution in [0.15, 0.2) is 15.7 Å². The van der Waals surface area contributed by atoms with Crippen LogP contribution < -0.4 is 11.2 Å². The van der Waals surface area contributed by atoms with E-state index >= 15 is 0 Å². The van der Waals surface area contributed by atoms with Crippen molar-refractivity contribution in [2.24, 2.45) is 21.1 Å². The Bertz CT molecular complexity index is 736. The molecule has 2 rings (SSSR count). The first kappa shape index (κ1) is 12.2. The number of hydrogen-bond acceptors (Lipinski definition) is 4. The second-order valence-electron chi connectivity index (χ2n) is 4.20. The number of rotatable bonds is 1. The third-order valence-electron chi connectivity index (χ3n) is 2.89. The Morgan fingerprint density at radius 3 is 2.28 bits per heavy atom. The first-order valence-corrected chi connectivity index (χ1v) is 5.34. The summed E-state index contributed by atoms with van der Waals surface area (Å²) in [5.74, 6) is -0.355. The van der Waals surface area contributed by atoms with Gasteiger partial charge in [-0.1, -0.05) is 0 Å². The van der Waals surface area contributed by atoms with Crippen molar-refractivity contribution < 1.29 is 5.11 Å². The Balaban J connectivity index is 2.93. The maximum atomic E-state index is 12.1. The van der Waals surface area contributed by atoms with Crippen molar-refractivity contribution in [1.29, 1.82) is 0 Å². The molecule has 0 amide bonds. The van der Waals surface area contributed by atoms with E-state index in [9.17, 15) is 14.7 Å². The molecule has 0 aromatic carbocycles. The third kappa shape index (κ3) is 1.55. The SMILES string of the molecule is Cc1cc(-c2c(O)n(C)c(=O)n(C)c2=O)n(C)n1. The summed E-state index contributed by atoms with van der Waals surface area (Å²) in [4.78, 5) is 23.7. The molecule has 0 bridgehead atoms. The maximum absolute atomic E-state index is 12.1. The highest BCUT2D eigenvalue weighted by molar-refractivity contribution is 5.64. The van der Waals surface area contributed by atoms with Gasteiger partial charge in [0, 0.05) is 21.1 Å². The van der Waals surface area contributed by atoms with Gasteiger partial charge in [0.2, 0.25) is 5.88 Å². The molecule has 0 unspecified atom stereocenters. The molecule has 0 aliphatic heterocycles. The quantitative estimate of drug-likeness (QED) is 0.739. The van der Waals surface area contributed by atoms with Crippen molar-refractivity contribution in [1.82, 2.24) is 18.9 Å². The first-order valence-electron chi connectivity index (χ1n) is 5.34. The van der Waals surface area contributed by atoms with E-state index in [-0.39, 0.29) is 11.4 Å². The third-order valence-corrected chi connectivity index (χ3v) is 2.89. The molecule has 0 fully saturated rings. The molecule has 0 saturated heterocycles. The molecule has 7 heteroatoms. The molecule has 96 valence electrons. The van der Waals surface area contributed by atoms with Gasteiger partial charge in [0.1, 0.15) is 5.56 Å². The Hall–Kier alpha value is -2.31. The molecule has 18 heavy (non-hydrogen) atoms. The number of nitrogens with zero attached hydrogens (tertiary/aromatic N) is 4. The van der Waals surface area contributed by atoms with Crippen molar-refractivity contribution in [3.05, 3.63) is 32.6 Å². The van der Waals surface area contributed by atoms with E-state index in [4.69, 9.17) is 0 Å². The van der Waals surface area contributed by atoms with E-state index < -0.39 is 11.2 Å². The van der Waals surface area contributed by atoms with Crippen molar-refractivity contribution in [2.45, 2.75) is 6.92 Å². The summed E-state index contributed by atoms with van der Waals surface area (Å²) in [5, 5.41) is 14.1. The van der Waals surface area contributed by atoms with Crippen LogP contribution in [0, 0.1) is 6.92 Å². The standard InChI is InChI=1S/C11H14N4O3/c1-6-5-7(15(4)12-6)8-9(16)13(2)11(18)14(3)10(8)17/h5,16H,1-4H3. The zero-order valence-electron chi connectivity index (χ0n) is 10.6. The lowest BCUT2D eigenvalue weighted by Crippen LogP contribution is -2.37. The van der Waals surface area contributed by atoms with Crippen LogP contribution in [0.1, 0.15) is 5.69 Å². The summed E-state index contributed by atoms with van der Waals surface area (Å²) in [5.41, 5.74) is 0.158. The van der Waals surface area contributed by atoms with Crippen LogP contribution in [-0.2, 0) is 21.1 Å². The van der Waals surface area contributed by atoms with Crippen molar-refractivity contribution >= 4 is 0 Å². The van der Waals surface area contributed by atoms with Crippen LogP contribution >= 0.6 is 0 Å². The lowest BCUT2D eigenvalue weighted by Gasteiger charge is -2.10. The summed E-state index contributed by atoms with van der Waals surface area (Å²) in [6, 6.07) is 1.68. The zero-order chi connectivity index (χ0) is 13.6. The topological polar surface area (TPSA) is 82.0 Å². The highest BCUT2D eigenvalue weighted by atomic mass is 16.3. The molecule has 2 aromatic rings. The van der Waals surface area contributed by atoms with Gasteiger partial charge in [0.25, 0.3) is 5.56 Å². The van der Waals surface area contributed by atoms with Gasteiger partial charge in [-0.25, -0.2) is 4.79 Å². The van der Waals surface area contributed by atoms with Gasteiger partial charge in [0.15, 0.2) is 0 Å². The summed E-state index contributed by atoms with van der Waals surface area (Å²) >= 11 is 0. The van der Waals surface area contributed by atoms with Crippen LogP contribution in [0.3, 0.4) is 0 Å². The van der Waals surface area contributed by atoms with Gasteiger partial charge in [-0.3, -0.25) is 18.6 Å². The Morgan fingerprint density at radius 2 is 1.78 bits per heavy atom. The monoisotopic (exact) mass is 250 g/mol. The zero-order valence-corrected chi connectivity index (χ0v) is 10.6. The molecular formula is C11H14N4O3. The largest absolute Gasteiger partial charge is 0.494 e. The molecule has 0 spiro atoms. The molecule has 0 atom stereocenters. The number of aromatic nitrogens is 4. The van der Waals surface area contributed by atoms with Crippen LogP contribution in [0.2, 0.25) is 0 Å². The average molecular weight is 250 g/mol. The molecule has 0 saturated carbocycles. The minimum absolute atomic E-state index is 0.0719. The molecule has 2 heterocycles. The van der Waals surface area contributed by atoms with Crippen molar-refractivity contribution in [2.75, 3.05) is 0 Å². The van der Waals surface area contributed by atoms with Crippen LogP contribution in [0.25, 0.3) is 11.3 Å². The highest BCUT2D eigenvalue weighted by Crippen LogP contribution is 2.23. The second kappa shape index (κ2) is 3.86. The summed E-state index contributed by atoms with van der Waals surface area (Å²) in [6.07, 6.45) is 0. The number of aryl methyl sites for hydroxylation is 2. The Morgan fingerprint density at radius 1 is 1.17 bits per heavy atom. The molecule has 7 nitrogen and oxygen atoms in total. The fourth-order valence-corrected chi connectivity index (χ4v) is 1.90. The lowest BCUT2D eigenvalue weighted by atomic mass is 10.2. The average Bonchev–Trinajstić information content (AvgIpc) is 2.64. The Labute approximate surface area is 103 Å². The smallest absolute Gasteiger partial charge is 0.333 e. The summed E-state index contributed by atoms with van der Waals surface area (Å²) in [7, 11) is 4.45. The van der Waals surface area contributed by atoms with Gasteiger partial charge in [0.05, 0.1) is 11.4 Å². The molecule has 2 aromatic heterocycles. The van der Waals surface area contributed by atoms with Crippen molar-refractivity contribution in [3.8, 4) is 17.1 Å². The summed E-state index contributed by atoms with van der Waals surface area (Å²) < 4.78 is 3.48.